The molecule has 0 aliphatic heterocycles. The third-order valence-electron chi connectivity index (χ3n) is 3.55. The number of nitrogens with two attached hydrogens (primary N) is 1. The number of nitrogens with zero attached hydrogens (tertiary/aromatic N) is 2. The Kier molecular flexibility index (Phi) is 3.88. The van der Waals surface area contributed by atoms with Gasteiger partial charge in [-0.05, 0) is 55.1 Å². The molecule has 0 aliphatic rings. The van der Waals surface area contributed by atoms with E-state index in [1.54, 1.807) is 11.8 Å². The minimum atomic E-state index is 0.757. The van der Waals surface area contributed by atoms with Gasteiger partial charge in [-0.1, -0.05) is 6.92 Å². The molecule has 0 radical (unpaired) electrons. The zero-order valence-electron chi connectivity index (χ0n) is 12.3. The highest BCUT2D eigenvalue weighted by molar-refractivity contribution is 7.98. The molecule has 3 aromatic rings. The molecule has 0 unspecified atom stereocenters. The SMILES string of the molecule is CCCc1nc2cc(N)ccc2n1-c1ccc(SC)cc1. The average molecular weight is 297 g/mol. The van der Waals surface area contributed by atoms with Crippen LogP contribution in [0, 0.1) is 0 Å². The molecule has 3 nitrogen and oxygen atoms in total. The van der Waals surface area contributed by atoms with Gasteiger partial charge in [0.2, 0.25) is 0 Å². The number of benzene rings is 2. The summed E-state index contributed by atoms with van der Waals surface area (Å²) in [5, 5.41) is 0. The Morgan fingerprint density at radius 2 is 1.90 bits per heavy atom. The Bertz CT molecular complexity index is 760. The number of nitrogen functional groups attached to an aromatic ring is 1. The number of rotatable bonds is 4. The lowest BCUT2D eigenvalue weighted by molar-refractivity contribution is 0.818. The highest BCUT2D eigenvalue weighted by atomic mass is 32.2. The summed E-state index contributed by atoms with van der Waals surface area (Å²) in [5.41, 5.74) is 9.88. The van der Waals surface area contributed by atoms with E-state index in [1.165, 1.54) is 4.90 Å². The van der Waals surface area contributed by atoms with E-state index >= 15 is 0 Å². The Morgan fingerprint density at radius 1 is 1.14 bits per heavy atom. The van der Waals surface area contributed by atoms with Gasteiger partial charge in [0.1, 0.15) is 5.82 Å². The van der Waals surface area contributed by atoms with E-state index in [4.69, 9.17) is 10.7 Å². The maximum Gasteiger partial charge on any atom is 0.114 e. The Balaban J connectivity index is 2.20. The second-order valence-electron chi connectivity index (χ2n) is 5.06. The maximum atomic E-state index is 5.88. The van der Waals surface area contributed by atoms with Crippen molar-refractivity contribution in [2.24, 2.45) is 0 Å². The number of thioether (sulfide) groups is 1. The number of imidazole rings is 1. The molecular weight excluding hydrogens is 278 g/mol. The fourth-order valence-corrected chi connectivity index (χ4v) is 2.97. The number of fused-ring (bicyclic) bond motifs is 1. The maximum absolute atomic E-state index is 5.88. The van der Waals surface area contributed by atoms with Gasteiger partial charge in [0.05, 0.1) is 11.0 Å². The minimum absolute atomic E-state index is 0.757. The van der Waals surface area contributed by atoms with Crippen LogP contribution in [-0.2, 0) is 6.42 Å². The summed E-state index contributed by atoms with van der Waals surface area (Å²) in [6.45, 7) is 2.18. The van der Waals surface area contributed by atoms with E-state index in [9.17, 15) is 0 Å². The first-order valence-electron chi connectivity index (χ1n) is 7.14. The van der Waals surface area contributed by atoms with Gasteiger partial charge in [-0.15, -0.1) is 11.8 Å². The van der Waals surface area contributed by atoms with Crippen LogP contribution in [0.3, 0.4) is 0 Å². The normalized spacial score (nSPS) is 11.1. The highest BCUT2D eigenvalue weighted by Gasteiger charge is 2.12. The van der Waals surface area contributed by atoms with Gasteiger partial charge >= 0.3 is 0 Å². The first kappa shape index (κ1) is 14.0. The fraction of sp³-hybridized carbons (Fsp3) is 0.235. The molecule has 0 amide bonds. The summed E-state index contributed by atoms with van der Waals surface area (Å²) >= 11 is 1.75. The van der Waals surface area contributed by atoms with Crippen molar-refractivity contribution in [3.8, 4) is 5.69 Å². The van der Waals surface area contributed by atoms with Gasteiger partial charge in [-0.2, -0.15) is 0 Å². The topological polar surface area (TPSA) is 43.8 Å². The van der Waals surface area contributed by atoms with E-state index < -0.39 is 0 Å². The minimum Gasteiger partial charge on any atom is -0.399 e. The molecule has 0 atom stereocenters. The fourth-order valence-electron chi connectivity index (χ4n) is 2.56. The standard InChI is InChI=1S/C17H19N3S/c1-3-4-17-19-15-11-12(18)5-10-16(15)20(17)13-6-8-14(21-2)9-7-13/h5-11H,3-4,18H2,1-2H3. The van der Waals surface area contributed by atoms with Crippen LogP contribution in [0.15, 0.2) is 47.4 Å². The monoisotopic (exact) mass is 297 g/mol. The molecule has 108 valence electrons. The van der Waals surface area contributed by atoms with Crippen molar-refractivity contribution in [1.29, 1.82) is 0 Å². The quantitative estimate of drug-likeness (QED) is 0.577. The van der Waals surface area contributed by atoms with E-state index in [2.05, 4.69) is 48.1 Å². The summed E-state index contributed by atoms with van der Waals surface area (Å²) in [4.78, 5) is 6.03. The number of aromatic nitrogens is 2. The molecule has 0 saturated carbocycles. The Hall–Kier alpha value is -1.94. The predicted molar refractivity (Wildman–Crippen MR) is 91.3 cm³/mol. The van der Waals surface area contributed by atoms with Crippen LogP contribution in [0.1, 0.15) is 19.2 Å². The van der Waals surface area contributed by atoms with Gasteiger partial charge in [0.25, 0.3) is 0 Å². The van der Waals surface area contributed by atoms with E-state index in [-0.39, 0.29) is 0 Å². The average Bonchev–Trinajstić information content (AvgIpc) is 2.85. The molecular formula is C17H19N3S. The molecule has 21 heavy (non-hydrogen) atoms. The van der Waals surface area contributed by atoms with Gasteiger partial charge in [-0.3, -0.25) is 4.57 Å². The van der Waals surface area contributed by atoms with Crippen molar-refractivity contribution < 1.29 is 0 Å². The summed E-state index contributed by atoms with van der Waals surface area (Å²) in [6.07, 6.45) is 4.12. The predicted octanol–water partition coefficient (Wildman–Crippen LogP) is 4.28. The first-order chi connectivity index (χ1) is 10.2. The smallest absolute Gasteiger partial charge is 0.114 e. The molecule has 0 spiro atoms. The van der Waals surface area contributed by atoms with Gasteiger partial charge < -0.3 is 5.73 Å². The van der Waals surface area contributed by atoms with Crippen molar-refractivity contribution >= 4 is 28.5 Å². The molecule has 2 N–H and O–H groups in total. The molecule has 2 aromatic carbocycles. The van der Waals surface area contributed by atoms with Crippen molar-refractivity contribution in [2.45, 2.75) is 24.7 Å². The molecule has 1 aromatic heterocycles. The van der Waals surface area contributed by atoms with Crippen molar-refractivity contribution in [3.63, 3.8) is 0 Å². The summed E-state index contributed by atoms with van der Waals surface area (Å²) in [5.74, 6) is 1.09. The molecule has 0 fully saturated rings. The molecule has 0 aliphatic carbocycles. The zero-order chi connectivity index (χ0) is 14.8. The summed E-state index contributed by atoms with van der Waals surface area (Å²) < 4.78 is 2.24. The molecule has 1 heterocycles. The lowest BCUT2D eigenvalue weighted by Gasteiger charge is -2.09. The number of hydrogen-bond acceptors (Lipinski definition) is 3. The van der Waals surface area contributed by atoms with Crippen LogP contribution < -0.4 is 5.73 Å². The third kappa shape index (κ3) is 2.63. The van der Waals surface area contributed by atoms with Crippen LogP contribution in [0.25, 0.3) is 16.7 Å². The molecule has 0 bridgehead atoms. The van der Waals surface area contributed by atoms with Crippen LogP contribution >= 0.6 is 11.8 Å². The lowest BCUT2D eigenvalue weighted by atomic mass is 10.2. The number of anilines is 1. The second-order valence-corrected chi connectivity index (χ2v) is 5.94. The summed E-state index contributed by atoms with van der Waals surface area (Å²) in [6, 6.07) is 14.6. The van der Waals surface area contributed by atoms with Crippen LogP contribution in [-0.4, -0.2) is 15.8 Å². The summed E-state index contributed by atoms with van der Waals surface area (Å²) in [7, 11) is 0. The van der Waals surface area contributed by atoms with Gasteiger partial charge in [0.15, 0.2) is 0 Å². The third-order valence-corrected chi connectivity index (χ3v) is 4.30. The van der Waals surface area contributed by atoms with Crippen molar-refractivity contribution in [3.05, 3.63) is 48.3 Å². The van der Waals surface area contributed by atoms with E-state index in [1.807, 2.05) is 12.1 Å². The van der Waals surface area contributed by atoms with E-state index in [0.717, 1.165) is 41.1 Å². The van der Waals surface area contributed by atoms with Crippen LogP contribution in [0.2, 0.25) is 0 Å². The van der Waals surface area contributed by atoms with Crippen LogP contribution in [0.4, 0.5) is 5.69 Å². The zero-order valence-corrected chi connectivity index (χ0v) is 13.2. The van der Waals surface area contributed by atoms with Crippen molar-refractivity contribution in [2.75, 3.05) is 12.0 Å². The lowest BCUT2D eigenvalue weighted by Crippen LogP contribution is -2.00. The van der Waals surface area contributed by atoms with Crippen LogP contribution in [0.5, 0.6) is 0 Å². The Labute approximate surface area is 129 Å². The Morgan fingerprint density at radius 3 is 2.57 bits per heavy atom. The molecule has 0 saturated heterocycles. The van der Waals surface area contributed by atoms with Crippen molar-refractivity contribution in [1.82, 2.24) is 9.55 Å². The molecule has 3 rings (SSSR count). The van der Waals surface area contributed by atoms with Gasteiger partial charge in [-0.25, -0.2) is 4.98 Å². The number of aryl methyl sites for hydroxylation is 1. The highest BCUT2D eigenvalue weighted by Crippen LogP contribution is 2.25. The number of hydrogen-bond donors (Lipinski definition) is 1. The largest absolute Gasteiger partial charge is 0.399 e. The van der Waals surface area contributed by atoms with Gasteiger partial charge in [0, 0.05) is 22.7 Å². The first-order valence-corrected chi connectivity index (χ1v) is 8.36. The molecule has 4 heteroatoms. The second kappa shape index (κ2) is 5.82. The van der Waals surface area contributed by atoms with E-state index in [0.29, 0.717) is 0 Å².